The Bertz CT molecular complexity index is 1400. The molecule has 0 radical (unpaired) electrons. The highest BCUT2D eigenvalue weighted by molar-refractivity contribution is 6.16. The molecule has 0 unspecified atom stereocenters. The van der Waals surface area contributed by atoms with E-state index in [1.165, 1.54) is 43.8 Å². The lowest BCUT2D eigenvalue weighted by Gasteiger charge is -2.29. The molecular weight excluding hydrogens is 330 g/mol. The molecule has 2 nitrogen and oxygen atoms in total. The van der Waals surface area contributed by atoms with E-state index in [1.54, 1.807) is 0 Å². The molecule has 0 atom stereocenters. The summed E-state index contributed by atoms with van der Waals surface area (Å²) >= 11 is 0. The van der Waals surface area contributed by atoms with Crippen LogP contribution in [0.1, 0.15) is 30.5 Å². The Hall–Kier alpha value is -3.13. The van der Waals surface area contributed by atoms with Crippen molar-refractivity contribution < 1.29 is 4.42 Å². The molecule has 0 fully saturated rings. The Morgan fingerprint density at radius 3 is 2.52 bits per heavy atom. The fourth-order valence-electron chi connectivity index (χ4n) is 4.88. The molecule has 27 heavy (non-hydrogen) atoms. The largest absolute Gasteiger partial charge is 0.456 e. The van der Waals surface area contributed by atoms with Crippen LogP contribution in [0.4, 0.5) is 0 Å². The first-order valence-corrected chi connectivity index (χ1v) is 9.40. The van der Waals surface area contributed by atoms with Gasteiger partial charge in [0.2, 0.25) is 0 Å². The van der Waals surface area contributed by atoms with E-state index in [-0.39, 0.29) is 5.41 Å². The van der Waals surface area contributed by atoms with Gasteiger partial charge in [-0.15, -0.1) is 0 Å². The van der Waals surface area contributed by atoms with Gasteiger partial charge in [0.1, 0.15) is 11.2 Å². The van der Waals surface area contributed by atoms with Crippen molar-refractivity contribution in [1.82, 2.24) is 4.98 Å². The van der Waals surface area contributed by atoms with Crippen LogP contribution in [0.5, 0.6) is 0 Å². The van der Waals surface area contributed by atoms with Gasteiger partial charge in [0.25, 0.3) is 0 Å². The summed E-state index contributed by atoms with van der Waals surface area (Å²) in [7, 11) is 0. The zero-order valence-corrected chi connectivity index (χ0v) is 15.6. The summed E-state index contributed by atoms with van der Waals surface area (Å²) < 4.78 is 6.20. The molecule has 0 amide bonds. The first-order chi connectivity index (χ1) is 13.1. The van der Waals surface area contributed by atoms with Crippen molar-refractivity contribution in [3.8, 4) is 11.3 Å². The molecule has 2 heteroatoms. The number of nitrogens with zero attached hydrogens (tertiary/aromatic N) is 1. The molecule has 2 aromatic heterocycles. The number of benzene rings is 3. The number of hydrogen-bond donors (Lipinski definition) is 0. The SMILES string of the molecule is Cc1ccc2cnc3c(c2c1)C(C)(C)c1cccc2oc4cccc-3c4c12. The van der Waals surface area contributed by atoms with Gasteiger partial charge in [0, 0.05) is 33.3 Å². The average Bonchev–Trinajstić information content (AvgIpc) is 3.01. The number of rotatable bonds is 0. The molecule has 2 heterocycles. The summed E-state index contributed by atoms with van der Waals surface area (Å²) in [6.07, 6.45) is 2.01. The Kier molecular flexibility index (Phi) is 2.65. The molecule has 0 N–H and O–H groups in total. The lowest BCUT2D eigenvalue weighted by molar-refractivity contribution is 0.646. The molecule has 130 valence electrons. The summed E-state index contributed by atoms with van der Waals surface area (Å²) in [5.74, 6) is 0. The normalized spacial score (nSPS) is 14.8. The molecule has 0 saturated carbocycles. The van der Waals surface area contributed by atoms with Gasteiger partial charge in [-0.05, 0) is 35.6 Å². The first kappa shape index (κ1) is 15.0. The van der Waals surface area contributed by atoms with Crippen molar-refractivity contribution in [2.24, 2.45) is 0 Å². The van der Waals surface area contributed by atoms with E-state index in [1.807, 2.05) is 6.20 Å². The van der Waals surface area contributed by atoms with Crippen molar-refractivity contribution in [1.29, 1.82) is 0 Å². The van der Waals surface area contributed by atoms with Crippen molar-refractivity contribution in [3.05, 3.63) is 77.5 Å². The molecule has 0 bridgehead atoms. The van der Waals surface area contributed by atoms with Gasteiger partial charge in [-0.1, -0.05) is 61.9 Å². The number of pyridine rings is 1. The molecule has 3 aromatic carbocycles. The summed E-state index contributed by atoms with van der Waals surface area (Å²) in [6.45, 7) is 6.79. The summed E-state index contributed by atoms with van der Waals surface area (Å²) in [4.78, 5) is 4.97. The van der Waals surface area contributed by atoms with Crippen LogP contribution in [-0.4, -0.2) is 4.98 Å². The average molecular weight is 349 g/mol. The second-order valence-corrected chi connectivity index (χ2v) is 8.16. The Balaban J connectivity index is 1.94. The van der Waals surface area contributed by atoms with Gasteiger partial charge in [0.05, 0.1) is 5.69 Å². The van der Waals surface area contributed by atoms with Crippen LogP contribution < -0.4 is 0 Å². The summed E-state index contributed by atoms with van der Waals surface area (Å²) in [5, 5.41) is 4.90. The highest BCUT2D eigenvalue weighted by Gasteiger charge is 2.35. The molecule has 1 aliphatic carbocycles. The van der Waals surface area contributed by atoms with Gasteiger partial charge in [-0.2, -0.15) is 0 Å². The van der Waals surface area contributed by atoms with Gasteiger partial charge < -0.3 is 4.42 Å². The van der Waals surface area contributed by atoms with E-state index in [0.717, 1.165) is 16.9 Å². The third-order valence-corrected chi connectivity index (χ3v) is 6.12. The smallest absolute Gasteiger partial charge is 0.136 e. The Morgan fingerprint density at radius 1 is 0.889 bits per heavy atom. The van der Waals surface area contributed by atoms with Crippen LogP contribution in [0.2, 0.25) is 0 Å². The van der Waals surface area contributed by atoms with Crippen LogP contribution in [0.3, 0.4) is 0 Å². The van der Waals surface area contributed by atoms with Gasteiger partial charge in [-0.3, -0.25) is 4.98 Å². The minimum atomic E-state index is -0.190. The maximum Gasteiger partial charge on any atom is 0.136 e. The van der Waals surface area contributed by atoms with E-state index >= 15 is 0 Å². The maximum absolute atomic E-state index is 6.20. The number of furan rings is 1. The molecule has 0 saturated heterocycles. The number of fused-ring (bicyclic) bond motifs is 4. The van der Waals surface area contributed by atoms with Crippen LogP contribution >= 0.6 is 0 Å². The third kappa shape index (κ3) is 1.78. The van der Waals surface area contributed by atoms with E-state index in [4.69, 9.17) is 9.40 Å². The maximum atomic E-state index is 6.20. The molecule has 1 aliphatic rings. The molecule has 0 aliphatic heterocycles. The lowest BCUT2D eigenvalue weighted by Crippen LogP contribution is -2.20. The zero-order chi connectivity index (χ0) is 18.3. The van der Waals surface area contributed by atoms with Gasteiger partial charge >= 0.3 is 0 Å². The zero-order valence-electron chi connectivity index (χ0n) is 15.6. The fourth-order valence-corrected chi connectivity index (χ4v) is 4.88. The standard InChI is InChI=1S/C25H19NO/c1-14-10-11-15-13-26-24-16-6-4-8-19-21(16)22-18(7-5-9-20(22)27-19)25(2,3)23(24)17(15)12-14/h4-13H,1-3H3. The van der Waals surface area contributed by atoms with E-state index < -0.39 is 0 Å². The Labute approximate surface area is 157 Å². The van der Waals surface area contributed by atoms with Crippen molar-refractivity contribution in [2.45, 2.75) is 26.2 Å². The number of aromatic nitrogens is 1. The monoisotopic (exact) mass is 349 g/mol. The predicted molar refractivity (Wildman–Crippen MR) is 111 cm³/mol. The quantitative estimate of drug-likeness (QED) is 0.309. The van der Waals surface area contributed by atoms with Crippen LogP contribution in [-0.2, 0) is 5.41 Å². The van der Waals surface area contributed by atoms with Gasteiger partial charge in [0.15, 0.2) is 0 Å². The number of hydrogen-bond acceptors (Lipinski definition) is 2. The molecule has 0 spiro atoms. The lowest BCUT2D eigenvalue weighted by atomic mass is 9.75. The minimum Gasteiger partial charge on any atom is -0.456 e. The van der Waals surface area contributed by atoms with Crippen molar-refractivity contribution in [2.75, 3.05) is 0 Å². The third-order valence-electron chi connectivity index (χ3n) is 6.12. The van der Waals surface area contributed by atoms with Crippen molar-refractivity contribution in [3.63, 3.8) is 0 Å². The molecule has 5 aromatic rings. The Morgan fingerprint density at radius 2 is 1.67 bits per heavy atom. The van der Waals surface area contributed by atoms with E-state index in [9.17, 15) is 0 Å². The number of aryl methyl sites for hydroxylation is 1. The highest BCUT2D eigenvalue weighted by Crippen LogP contribution is 2.50. The first-order valence-electron chi connectivity index (χ1n) is 9.40. The summed E-state index contributed by atoms with van der Waals surface area (Å²) in [6, 6.07) is 19.4. The highest BCUT2D eigenvalue weighted by atomic mass is 16.3. The van der Waals surface area contributed by atoms with Crippen molar-refractivity contribution >= 4 is 32.7 Å². The predicted octanol–water partition coefficient (Wildman–Crippen LogP) is 6.75. The second kappa shape index (κ2) is 4.77. The molecular formula is C25H19NO. The second-order valence-electron chi connectivity index (χ2n) is 8.16. The van der Waals surface area contributed by atoms with Crippen LogP contribution in [0.25, 0.3) is 44.0 Å². The van der Waals surface area contributed by atoms with E-state index in [2.05, 4.69) is 75.4 Å². The topological polar surface area (TPSA) is 26.0 Å². The molecule has 6 rings (SSSR count). The van der Waals surface area contributed by atoms with Crippen LogP contribution in [0.15, 0.2) is 65.2 Å². The van der Waals surface area contributed by atoms with E-state index in [0.29, 0.717) is 0 Å². The summed E-state index contributed by atoms with van der Waals surface area (Å²) in [5.41, 5.74) is 7.83. The fraction of sp³-hybridized carbons (Fsp3) is 0.160. The van der Waals surface area contributed by atoms with Gasteiger partial charge in [-0.25, -0.2) is 0 Å². The minimum absolute atomic E-state index is 0.190. The van der Waals surface area contributed by atoms with Crippen LogP contribution in [0, 0.1) is 6.92 Å².